The molecule has 4 nitrogen and oxygen atoms in total. The van der Waals surface area contributed by atoms with Crippen molar-refractivity contribution in [1.82, 2.24) is 15.5 Å². The zero-order valence-corrected chi connectivity index (χ0v) is 15.4. The minimum atomic E-state index is -0.168. The van der Waals surface area contributed by atoms with Crippen LogP contribution in [-0.2, 0) is 0 Å². The number of hydrogen-bond acceptors (Lipinski definition) is 4. The molecule has 1 aliphatic heterocycles. The summed E-state index contributed by atoms with van der Waals surface area (Å²) in [6, 6.07) is 3.41. The molecule has 1 saturated heterocycles. The zero-order valence-electron chi connectivity index (χ0n) is 12.3. The largest absolute Gasteiger partial charge is 0.350 e. The third kappa shape index (κ3) is 3.92. The van der Waals surface area contributed by atoms with Gasteiger partial charge in [-0.15, -0.1) is 11.3 Å². The third-order valence-corrected chi connectivity index (χ3v) is 5.92. The predicted molar refractivity (Wildman–Crippen MR) is 98.5 cm³/mol. The fourth-order valence-corrected chi connectivity index (χ4v) is 4.89. The number of rotatable bonds is 4. The van der Waals surface area contributed by atoms with Crippen molar-refractivity contribution in [2.24, 2.45) is 0 Å². The second-order valence-electron chi connectivity index (χ2n) is 5.35. The normalized spacial score (nSPS) is 16.0. The highest BCUT2D eigenvalue weighted by atomic mass is 35.5. The Morgan fingerprint density at radius 1 is 1.26 bits per heavy atom. The fourth-order valence-electron chi connectivity index (χ4n) is 2.60. The molecule has 0 bridgehead atoms. The van der Waals surface area contributed by atoms with Gasteiger partial charge < -0.3 is 10.6 Å². The number of amides is 1. The maximum Gasteiger partial charge on any atom is 0.262 e. The van der Waals surface area contributed by atoms with Gasteiger partial charge in [0.1, 0.15) is 4.88 Å². The number of carbonyl (C=O) groups excluding carboxylic acids is 1. The van der Waals surface area contributed by atoms with Crippen LogP contribution in [0.1, 0.15) is 9.67 Å². The monoisotopic (exact) mass is 391 g/mol. The molecule has 1 aromatic carbocycles. The van der Waals surface area contributed by atoms with Crippen molar-refractivity contribution in [2.75, 3.05) is 39.3 Å². The molecule has 2 heterocycles. The standard InChI is InChI=1S/C15H16Cl3N3OS/c16-9-7-10(17)12-11(8-9)23-14(13(12)18)15(22)20-3-6-21-4-1-19-2-5-21/h7-8,19H,1-6H2,(H,20,22). The molecule has 0 aliphatic carbocycles. The van der Waals surface area contributed by atoms with Crippen LogP contribution in [0.3, 0.4) is 0 Å². The van der Waals surface area contributed by atoms with Gasteiger partial charge in [0.2, 0.25) is 0 Å². The van der Waals surface area contributed by atoms with Crippen molar-refractivity contribution in [3.8, 4) is 0 Å². The number of carbonyl (C=O) groups is 1. The zero-order chi connectivity index (χ0) is 16.4. The number of hydrogen-bond donors (Lipinski definition) is 2. The van der Waals surface area contributed by atoms with E-state index in [1.807, 2.05) is 0 Å². The topological polar surface area (TPSA) is 44.4 Å². The van der Waals surface area contributed by atoms with E-state index in [-0.39, 0.29) is 5.91 Å². The Labute approximate surface area is 153 Å². The quantitative estimate of drug-likeness (QED) is 0.837. The maximum absolute atomic E-state index is 12.4. The minimum absolute atomic E-state index is 0.168. The van der Waals surface area contributed by atoms with E-state index in [1.54, 1.807) is 12.1 Å². The number of benzene rings is 1. The molecule has 0 radical (unpaired) electrons. The number of fused-ring (bicyclic) bond motifs is 1. The first-order chi connectivity index (χ1) is 11.1. The lowest BCUT2D eigenvalue weighted by molar-refractivity contribution is 0.0951. The number of halogens is 3. The van der Waals surface area contributed by atoms with Gasteiger partial charge in [0.25, 0.3) is 5.91 Å². The highest BCUT2D eigenvalue weighted by molar-refractivity contribution is 7.21. The van der Waals surface area contributed by atoms with E-state index in [2.05, 4.69) is 15.5 Å². The summed E-state index contributed by atoms with van der Waals surface area (Å²) < 4.78 is 0.819. The molecule has 0 saturated carbocycles. The second kappa shape index (κ2) is 7.55. The molecule has 2 aromatic rings. The fraction of sp³-hybridized carbons (Fsp3) is 0.400. The van der Waals surface area contributed by atoms with E-state index < -0.39 is 0 Å². The Bertz CT molecular complexity index is 728. The van der Waals surface area contributed by atoms with E-state index >= 15 is 0 Å². The number of piperazine rings is 1. The van der Waals surface area contributed by atoms with E-state index in [1.165, 1.54) is 11.3 Å². The summed E-state index contributed by atoms with van der Waals surface area (Å²) in [6.07, 6.45) is 0. The molecule has 0 atom stereocenters. The molecule has 1 fully saturated rings. The van der Waals surface area contributed by atoms with E-state index in [0.717, 1.165) is 37.4 Å². The van der Waals surface area contributed by atoms with Crippen LogP contribution in [0.5, 0.6) is 0 Å². The van der Waals surface area contributed by atoms with E-state index in [9.17, 15) is 4.79 Å². The lowest BCUT2D eigenvalue weighted by Gasteiger charge is -2.27. The van der Waals surface area contributed by atoms with Crippen LogP contribution < -0.4 is 10.6 Å². The predicted octanol–water partition coefficient (Wildman–Crippen LogP) is 3.50. The van der Waals surface area contributed by atoms with Crippen LogP contribution in [0.25, 0.3) is 10.1 Å². The molecule has 0 spiro atoms. The number of nitrogens with one attached hydrogen (secondary N) is 2. The molecule has 3 rings (SSSR count). The molecule has 8 heteroatoms. The van der Waals surface area contributed by atoms with Gasteiger partial charge in [0.15, 0.2) is 0 Å². The van der Waals surface area contributed by atoms with Gasteiger partial charge in [-0.1, -0.05) is 34.8 Å². The molecule has 124 valence electrons. The maximum atomic E-state index is 12.4. The van der Waals surface area contributed by atoms with Crippen molar-refractivity contribution >= 4 is 62.1 Å². The van der Waals surface area contributed by atoms with Crippen LogP contribution in [0.2, 0.25) is 15.1 Å². The van der Waals surface area contributed by atoms with Gasteiger partial charge in [0, 0.05) is 54.4 Å². The van der Waals surface area contributed by atoms with Gasteiger partial charge in [-0.2, -0.15) is 0 Å². The van der Waals surface area contributed by atoms with Crippen LogP contribution in [-0.4, -0.2) is 50.1 Å². The highest BCUT2D eigenvalue weighted by Crippen LogP contribution is 2.41. The summed E-state index contributed by atoms with van der Waals surface area (Å²) in [7, 11) is 0. The summed E-state index contributed by atoms with van der Waals surface area (Å²) in [5.74, 6) is -0.168. The smallest absolute Gasteiger partial charge is 0.262 e. The summed E-state index contributed by atoms with van der Waals surface area (Å²) in [5.41, 5.74) is 0. The Balaban J connectivity index is 1.68. The van der Waals surface area contributed by atoms with Gasteiger partial charge in [-0.25, -0.2) is 0 Å². The molecule has 23 heavy (non-hydrogen) atoms. The van der Waals surface area contributed by atoms with Gasteiger partial charge in [0.05, 0.1) is 10.0 Å². The Kier molecular flexibility index (Phi) is 5.67. The summed E-state index contributed by atoms with van der Waals surface area (Å²) in [6.45, 7) is 5.44. The van der Waals surface area contributed by atoms with Crippen molar-refractivity contribution in [3.63, 3.8) is 0 Å². The van der Waals surface area contributed by atoms with Crippen LogP contribution >= 0.6 is 46.1 Å². The Morgan fingerprint density at radius 3 is 2.74 bits per heavy atom. The molecular formula is C15H16Cl3N3OS. The summed E-state index contributed by atoms with van der Waals surface area (Å²) >= 11 is 19.8. The average molecular weight is 393 g/mol. The van der Waals surface area contributed by atoms with Crippen molar-refractivity contribution < 1.29 is 4.79 Å². The third-order valence-electron chi connectivity index (χ3n) is 3.78. The van der Waals surface area contributed by atoms with Crippen molar-refractivity contribution in [1.29, 1.82) is 0 Å². The number of thiophene rings is 1. The van der Waals surface area contributed by atoms with Crippen LogP contribution in [0.15, 0.2) is 12.1 Å². The van der Waals surface area contributed by atoms with Crippen molar-refractivity contribution in [2.45, 2.75) is 0 Å². The second-order valence-corrected chi connectivity index (χ2v) is 7.63. The van der Waals surface area contributed by atoms with Gasteiger partial charge in [-0.3, -0.25) is 9.69 Å². The average Bonchev–Trinajstić information content (AvgIpc) is 2.85. The lowest BCUT2D eigenvalue weighted by atomic mass is 10.2. The first kappa shape index (κ1) is 17.3. The molecule has 2 N–H and O–H groups in total. The first-order valence-corrected chi connectivity index (χ1v) is 9.29. The minimum Gasteiger partial charge on any atom is -0.350 e. The highest BCUT2D eigenvalue weighted by Gasteiger charge is 2.19. The summed E-state index contributed by atoms with van der Waals surface area (Å²) in [4.78, 5) is 15.2. The SMILES string of the molecule is O=C(NCCN1CCNCC1)c1sc2cc(Cl)cc(Cl)c2c1Cl. The van der Waals surface area contributed by atoms with E-state index in [0.29, 0.717) is 31.9 Å². The molecule has 1 aliphatic rings. The molecular weight excluding hydrogens is 377 g/mol. The van der Waals surface area contributed by atoms with Crippen molar-refractivity contribution in [3.05, 3.63) is 32.1 Å². The van der Waals surface area contributed by atoms with Gasteiger partial charge >= 0.3 is 0 Å². The Hall–Kier alpha value is -0.560. The molecule has 1 amide bonds. The van der Waals surface area contributed by atoms with Crippen LogP contribution in [0, 0.1) is 0 Å². The first-order valence-electron chi connectivity index (χ1n) is 7.34. The summed E-state index contributed by atoms with van der Waals surface area (Å²) in [5, 5.41) is 8.32. The lowest BCUT2D eigenvalue weighted by Crippen LogP contribution is -2.46. The van der Waals surface area contributed by atoms with E-state index in [4.69, 9.17) is 34.8 Å². The molecule has 1 aromatic heterocycles. The number of nitrogens with zero attached hydrogens (tertiary/aromatic N) is 1. The Morgan fingerprint density at radius 2 is 2.00 bits per heavy atom. The molecule has 0 unspecified atom stereocenters. The van der Waals surface area contributed by atoms with Crippen LogP contribution in [0.4, 0.5) is 0 Å². The van der Waals surface area contributed by atoms with Gasteiger partial charge in [-0.05, 0) is 12.1 Å².